The van der Waals surface area contributed by atoms with Crippen molar-refractivity contribution in [2.24, 2.45) is 17.8 Å². The molecule has 1 N–H and O–H groups in total. The van der Waals surface area contributed by atoms with Gasteiger partial charge in [-0.25, -0.2) is 9.18 Å². The third-order valence-corrected chi connectivity index (χ3v) is 5.24. The molecule has 1 saturated carbocycles. The predicted octanol–water partition coefficient (Wildman–Crippen LogP) is 3.43. The number of rotatable bonds is 5. The first-order valence-corrected chi connectivity index (χ1v) is 8.67. The first-order chi connectivity index (χ1) is 12.2. The smallest absolute Gasteiger partial charge is 0.414 e. The molecule has 1 heterocycles. The summed E-state index contributed by atoms with van der Waals surface area (Å²) in [6, 6.07) is 15.8. The van der Waals surface area contributed by atoms with E-state index >= 15 is 0 Å². The quantitative estimate of drug-likeness (QED) is 0.907. The number of amides is 1. The van der Waals surface area contributed by atoms with Crippen LogP contribution in [0.3, 0.4) is 0 Å². The highest BCUT2D eigenvalue weighted by molar-refractivity contribution is 5.87. The number of anilines is 1. The van der Waals surface area contributed by atoms with Gasteiger partial charge in [0, 0.05) is 17.2 Å². The Hall–Kier alpha value is -2.40. The normalized spacial score (nSPS) is 23.8. The number of para-hydroxylation sites is 1. The number of hydrogen-bond acceptors (Lipinski definition) is 3. The molecular formula is C20H21FN2O2. The van der Waals surface area contributed by atoms with Crippen LogP contribution in [0.1, 0.15) is 5.56 Å². The lowest BCUT2D eigenvalue weighted by Crippen LogP contribution is -2.32. The Morgan fingerprint density at radius 2 is 1.76 bits per heavy atom. The van der Waals surface area contributed by atoms with E-state index in [0.29, 0.717) is 35.6 Å². The van der Waals surface area contributed by atoms with Crippen LogP contribution in [0.2, 0.25) is 0 Å². The molecule has 1 amide bonds. The summed E-state index contributed by atoms with van der Waals surface area (Å²) in [5, 5.41) is 3.33. The van der Waals surface area contributed by atoms with Gasteiger partial charge in [0.25, 0.3) is 0 Å². The maximum absolute atomic E-state index is 14.0. The molecular weight excluding hydrogens is 319 g/mol. The van der Waals surface area contributed by atoms with Crippen LogP contribution in [0.4, 0.5) is 14.9 Å². The minimum atomic E-state index is -0.424. The fraction of sp³-hybridized carbons (Fsp3) is 0.350. The second kappa shape index (κ2) is 6.84. The van der Waals surface area contributed by atoms with Crippen LogP contribution in [0, 0.1) is 23.6 Å². The number of hydrogen-bond donors (Lipinski definition) is 1. The van der Waals surface area contributed by atoms with Crippen molar-refractivity contribution in [3.8, 4) is 0 Å². The van der Waals surface area contributed by atoms with Crippen molar-refractivity contribution in [2.75, 3.05) is 24.6 Å². The fourth-order valence-electron chi connectivity index (χ4n) is 3.71. The molecule has 1 aliphatic heterocycles. The van der Waals surface area contributed by atoms with Crippen LogP contribution in [0.25, 0.3) is 0 Å². The molecule has 130 valence electrons. The maximum atomic E-state index is 14.0. The predicted molar refractivity (Wildman–Crippen MR) is 93.7 cm³/mol. The highest BCUT2D eigenvalue weighted by Crippen LogP contribution is 2.48. The Bertz CT molecular complexity index is 742. The van der Waals surface area contributed by atoms with Crippen LogP contribution in [-0.4, -0.2) is 25.8 Å². The third kappa shape index (κ3) is 3.37. The molecule has 2 aromatic rings. The minimum absolute atomic E-state index is 0.147. The second-order valence-corrected chi connectivity index (χ2v) is 6.74. The van der Waals surface area contributed by atoms with Gasteiger partial charge in [-0.05, 0) is 43.1 Å². The van der Waals surface area contributed by atoms with Gasteiger partial charge >= 0.3 is 6.09 Å². The summed E-state index contributed by atoms with van der Waals surface area (Å²) in [5.74, 6) is 1.43. The van der Waals surface area contributed by atoms with Gasteiger partial charge in [-0.15, -0.1) is 0 Å². The summed E-state index contributed by atoms with van der Waals surface area (Å²) in [5.41, 5.74) is 1.17. The van der Waals surface area contributed by atoms with Crippen LogP contribution >= 0.6 is 0 Å². The Morgan fingerprint density at radius 1 is 1.08 bits per heavy atom. The first kappa shape index (κ1) is 16.1. The maximum Gasteiger partial charge on any atom is 0.414 e. The average molecular weight is 340 g/mol. The molecule has 0 bridgehead atoms. The second-order valence-electron chi connectivity index (χ2n) is 6.74. The van der Waals surface area contributed by atoms with Gasteiger partial charge in [0.05, 0.1) is 13.2 Å². The zero-order chi connectivity index (χ0) is 17.2. The molecule has 2 aliphatic rings. The van der Waals surface area contributed by atoms with Crippen molar-refractivity contribution in [1.29, 1.82) is 0 Å². The number of halogens is 1. The van der Waals surface area contributed by atoms with E-state index in [2.05, 4.69) is 5.32 Å². The van der Waals surface area contributed by atoms with Crippen molar-refractivity contribution in [3.05, 3.63) is 66.0 Å². The van der Waals surface area contributed by atoms with E-state index < -0.39 is 6.09 Å². The van der Waals surface area contributed by atoms with Crippen LogP contribution in [0.15, 0.2) is 54.6 Å². The van der Waals surface area contributed by atoms with Crippen LogP contribution in [-0.2, 0) is 11.3 Å². The lowest BCUT2D eigenvalue weighted by Gasteiger charge is -2.23. The summed E-state index contributed by atoms with van der Waals surface area (Å²) in [4.78, 5) is 14.2. The molecule has 4 nitrogen and oxygen atoms in total. The van der Waals surface area contributed by atoms with Gasteiger partial charge in [-0.2, -0.15) is 0 Å². The Labute approximate surface area is 146 Å². The van der Waals surface area contributed by atoms with E-state index in [1.54, 1.807) is 18.2 Å². The van der Waals surface area contributed by atoms with Gasteiger partial charge in [0.2, 0.25) is 0 Å². The first-order valence-electron chi connectivity index (χ1n) is 8.67. The van der Waals surface area contributed by atoms with Crippen molar-refractivity contribution in [2.45, 2.75) is 6.54 Å². The van der Waals surface area contributed by atoms with Gasteiger partial charge in [-0.3, -0.25) is 4.90 Å². The van der Waals surface area contributed by atoms with E-state index in [9.17, 15) is 9.18 Å². The van der Waals surface area contributed by atoms with E-state index in [4.69, 9.17) is 4.74 Å². The summed E-state index contributed by atoms with van der Waals surface area (Å²) >= 11 is 0. The lowest BCUT2D eigenvalue weighted by molar-refractivity contribution is 0.143. The number of nitrogens with one attached hydrogen (secondary N) is 1. The average Bonchev–Trinajstić information content (AvgIpc) is 3.07. The minimum Gasteiger partial charge on any atom is -0.449 e. The summed E-state index contributed by atoms with van der Waals surface area (Å²) in [6.07, 6.45) is -0.424. The Morgan fingerprint density at radius 3 is 2.48 bits per heavy atom. The molecule has 2 aromatic carbocycles. The van der Waals surface area contributed by atoms with E-state index in [0.717, 1.165) is 13.1 Å². The van der Waals surface area contributed by atoms with Crippen LogP contribution in [0.5, 0.6) is 0 Å². The molecule has 2 unspecified atom stereocenters. The van der Waals surface area contributed by atoms with E-state index in [1.807, 2.05) is 30.3 Å². The highest BCUT2D eigenvalue weighted by atomic mass is 19.1. The van der Waals surface area contributed by atoms with E-state index in [1.165, 1.54) is 11.0 Å². The van der Waals surface area contributed by atoms with Gasteiger partial charge in [-0.1, -0.05) is 36.4 Å². The molecule has 2 atom stereocenters. The van der Waals surface area contributed by atoms with Gasteiger partial charge < -0.3 is 10.1 Å². The number of benzene rings is 2. The standard InChI is InChI=1S/C20H21FN2O2/c21-19-9-5-4-6-14(19)12-23(15-7-2-1-3-8-15)20(24)25-13-18-16-10-22-11-17(16)18/h1-9,16-18,22H,10-13H2. The van der Waals surface area contributed by atoms with Crippen molar-refractivity contribution in [1.82, 2.24) is 5.32 Å². The molecule has 1 aliphatic carbocycles. The Kier molecular flexibility index (Phi) is 4.40. The van der Waals surface area contributed by atoms with Gasteiger partial charge in [0.1, 0.15) is 5.82 Å². The topological polar surface area (TPSA) is 41.6 Å². The number of carbonyl (C=O) groups is 1. The largest absolute Gasteiger partial charge is 0.449 e. The van der Waals surface area contributed by atoms with Crippen LogP contribution < -0.4 is 10.2 Å². The zero-order valence-electron chi connectivity index (χ0n) is 13.9. The number of piperidine rings is 1. The SMILES string of the molecule is O=C(OCC1C2CNCC21)N(Cc1ccccc1F)c1ccccc1. The highest BCUT2D eigenvalue weighted by Gasteiger charge is 2.53. The number of nitrogens with zero attached hydrogens (tertiary/aromatic N) is 1. The summed E-state index contributed by atoms with van der Waals surface area (Å²) in [7, 11) is 0. The molecule has 0 radical (unpaired) electrons. The zero-order valence-corrected chi connectivity index (χ0v) is 13.9. The Balaban J connectivity index is 1.47. The van der Waals surface area contributed by atoms with Crippen molar-refractivity contribution >= 4 is 11.8 Å². The van der Waals surface area contributed by atoms with Crippen molar-refractivity contribution < 1.29 is 13.9 Å². The molecule has 0 aromatic heterocycles. The van der Waals surface area contributed by atoms with Crippen molar-refractivity contribution in [3.63, 3.8) is 0 Å². The third-order valence-electron chi connectivity index (χ3n) is 5.24. The fourth-order valence-corrected chi connectivity index (χ4v) is 3.71. The van der Waals surface area contributed by atoms with E-state index in [-0.39, 0.29) is 12.4 Å². The lowest BCUT2D eigenvalue weighted by atomic mass is 10.2. The molecule has 1 saturated heterocycles. The molecule has 2 fully saturated rings. The molecule has 0 spiro atoms. The number of carbonyl (C=O) groups excluding carboxylic acids is 1. The molecule has 5 heteroatoms. The summed E-state index contributed by atoms with van der Waals surface area (Å²) < 4.78 is 19.6. The summed E-state index contributed by atoms with van der Waals surface area (Å²) in [6.45, 7) is 2.63. The molecule has 4 rings (SSSR count). The number of ether oxygens (including phenoxy) is 1. The molecule has 25 heavy (non-hydrogen) atoms. The monoisotopic (exact) mass is 340 g/mol. The van der Waals surface area contributed by atoms with Gasteiger partial charge in [0.15, 0.2) is 0 Å². The number of fused-ring (bicyclic) bond motifs is 1.